The molecule has 4 nitrogen and oxygen atoms in total. The zero-order valence-corrected chi connectivity index (χ0v) is 11.8. The first-order valence-electron chi connectivity index (χ1n) is 6.39. The summed E-state index contributed by atoms with van der Waals surface area (Å²) in [5.41, 5.74) is 0.601. The average molecular weight is 273 g/mol. The summed E-state index contributed by atoms with van der Waals surface area (Å²) in [6, 6.07) is 1.69. The van der Waals surface area contributed by atoms with E-state index in [0.717, 1.165) is 19.4 Å². The molecule has 1 rings (SSSR count). The van der Waals surface area contributed by atoms with Crippen molar-refractivity contribution < 1.29 is 9.90 Å². The van der Waals surface area contributed by atoms with Gasteiger partial charge in [0.2, 0.25) is 0 Å². The molecule has 0 fully saturated rings. The molecule has 0 aliphatic heterocycles. The minimum atomic E-state index is -0.0637. The summed E-state index contributed by atoms with van der Waals surface area (Å²) in [5, 5.41) is 9.59. The van der Waals surface area contributed by atoms with Gasteiger partial charge in [-0.15, -0.1) is 0 Å². The van der Waals surface area contributed by atoms with Gasteiger partial charge in [0, 0.05) is 25.8 Å². The zero-order valence-electron chi connectivity index (χ0n) is 11.0. The highest BCUT2D eigenvalue weighted by Gasteiger charge is 2.18. The van der Waals surface area contributed by atoms with Gasteiger partial charge in [-0.1, -0.05) is 25.4 Å². The van der Waals surface area contributed by atoms with Crippen molar-refractivity contribution in [2.75, 3.05) is 19.7 Å². The van der Waals surface area contributed by atoms with Crippen molar-refractivity contribution in [3.05, 3.63) is 23.0 Å². The fraction of sp³-hybridized carbons (Fsp3) is 0.615. The zero-order chi connectivity index (χ0) is 13.5. The van der Waals surface area contributed by atoms with E-state index < -0.39 is 0 Å². The van der Waals surface area contributed by atoms with Crippen molar-refractivity contribution in [2.24, 2.45) is 0 Å². The third-order valence-corrected chi connectivity index (χ3v) is 2.90. The number of aryl methyl sites for hydroxylation is 1. The molecule has 1 amide bonds. The van der Waals surface area contributed by atoms with Crippen molar-refractivity contribution >= 4 is 17.5 Å². The molecule has 0 radical (unpaired) electrons. The predicted molar refractivity (Wildman–Crippen MR) is 73.0 cm³/mol. The number of hydrogen-bond donors (Lipinski definition) is 1. The van der Waals surface area contributed by atoms with Gasteiger partial charge in [0.1, 0.15) is 5.69 Å². The standard InChI is InChI=1S/C13H21ClN2O2/c1-3-5-15(7-8-17)13(18)12-9-11(14)10-16(12)6-4-2/h9-10,17H,3-8H2,1-2H3. The monoisotopic (exact) mass is 272 g/mol. The molecular weight excluding hydrogens is 252 g/mol. The summed E-state index contributed by atoms with van der Waals surface area (Å²) >= 11 is 5.96. The van der Waals surface area contributed by atoms with E-state index in [1.165, 1.54) is 0 Å². The lowest BCUT2D eigenvalue weighted by Gasteiger charge is -2.21. The van der Waals surface area contributed by atoms with E-state index >= 15 is 0 Å². The number of carbonyl (C=O) groups excluding carboxylic acids is 1. The molecular formula is C13H21ClN2O2. The molecule has 0 atom stereocenters. The van der Waals surface area contributed by atoms with Crippen LogP contribution in [0.4, 0.5) is 0 Å². The molecule has 1 N–H and O–H groups in total. The Balaban J connectivity index is 2.92. The molecule has 1 aromatic heterocycles. The third-order valence-electron chi connectivity index (χ3n) is 2.70. The van der Waals surface area contributed by atoms with Crippen LogP contribution in [0.3, 0.4) is 0 Å². The summed E-state index contributed by atoms with van der Waals surface area (Å²) in [5.74, 6) is -0.0637. The van der Waals surface area contributed by atoms with E-state index in [0.29, 0.717) is 23.8 Å². The maximum atomic E-state index is 12.4. The molecule has 18 heavy (non-hydrogen) atoms. The van der Waals surface area contributed by atoms with Crippen LogP contribution in [0.1, 0.15) is 37.2 Å². The highest BCUT2D eigenvalue weighted by atomic mass is 35.5. The van der Waals surface area contributed by atoms with Crippen LogP contribution in [0.25, 0.3) is 0 Å². The van der Waals surface area contributed by atoms with Gasteiger partial charge in [-0.2, -0.15) is 0 Å². The molecule has 0 spiro atoms. The summed E-state index contributed by atoms with van der Waals surface area (Å²) in [6.45, 7) is 5.83. The van der Waals surface area contributed by atoms with E-state index in [1.54, 1.807) is 17.2 Å². The Morgan fingerprint density at radius 1 is 1.39 bits per heavy atom. The number of aliphatic hydroxyl groups is 1. The van der Waals surface area contributed by atoms with Crippen LogP contribution in [0, 0.1) is 0 Å². The highest BCUT2D eigenvalue weighted by molar-refractivity contribution is 6.31. The molecule has 0 saturated carbocycles. The van der Waals surface area contributed by atoms with Crippen molar-refractivity contribution in [1.82, 2.24) is 9.47 Å². The van der Waals surface area contributed by atoms with Crippen LogP contribution in [-0.2, 0) is 6.54 Å². The van der Waals surface area contributed by atoms with E-state index in [9.17, 15) is 4.79 Å². The van der Waals surface area contributed by atoms with E-state index in [2.05, 4.69) is 6.92 Å². The fourth-order valence-electron chi connectivity index (χ4n) is 1.95. The smallest absolute Gasteiger partial charge is 0.270 e. The molecule has 0 unspecified atom stereocenters. The number of amides is 1. The van der Waals surface area contributed by atoms with Crippen LogP contribution >= 0.6 is 11.6 Å². The summed E-state index contributed by atoms with van der Waals surface area (Å²) in [6.07, 6.45) is 3.59. The second-order valence-electron chi connectivity index (χ2n) is 4.25. The van der Waals surface area contributed by atoms with E-state index in [4.69, 9.17) is 16.7 Å². The number of carbonyl (C=O) groups is 1. The fourth-order valence-corrected chi connectivity index (χ4v) is 2.17. The maximum absolute atomic E-state index is 12.4. The number of hydrogen-bond acceptors (Lipinski definition) is 2. The van der Waals surface area contributed by atoms with E-state index in [-0.39, 0.29) is 12.5 Å². The lowest BCUT2D eigenvalue weighted by atomic mass is 10.3. The second kappa shape index (κ2) is 7.44. The molecule has 0 aliphatic rings. The van der Waals surface area contributed by atoms with Gasteiger partial charge in [-0.3, -0.25) is 4.79 Å². The van der Waals surface area contributed by atoms with Crippen molar-refractivity contribution in [2.45, 2.75) is 33.2 Å². The Labute approximate surface area is 113 Å². The van der Waals surface area contributed by atoms with Gasteiger partial charge in [-0.05, 0) is 18.9 Å². The quantitative estimate of drug-likeness (QED) is 0.828. The van der Waals surface area contributed by atoms with Gasteiger partial charge in [0.15, 0.2) is 0 Å². The van der Waals surface area contributed by atoms with Crippen LogP contribution < -0.4 is 0 Å². The molecule has 0 bridgehead atoms. The predicted octanol–water partition coefficient (Wildman–Crippen LogP) is 2.40. The number of nitrogens with zero attached hydrogens (tertiary/aromatic N) is 2. The van der Waals surface area contributed by atoms with Gasteiger partial charge in [0.25, 0.3) is 5.91 Å². The topological polar surface area (TPSA) is 45.5 Å². The number of aromatic nitrogens is 1. The minimum Gasteiger partial charge on any atom is -0.395 e. The molecule has 0 aliphatic carbocycles. The first-order valence-corrected chi connectivity index (χ1v) is 6.77. The largest absolute Gasteiger partial charge is 0.395 e. The first kappa shape index (κ1) is 15.1. The molecule has 1 aromatic rings. The Bertz CT molecular complexity index is 384. The number of halogens is 1. The molecule has 0 saturated heterocycles. The normalized spacial score (nSPS) is 10.7. The van der Waals surface area contributed by atoms with Gasteiger partial charge in [0.05, 0.1) is 11.6 Å². The van der Waals surface area contributed by atoms with Crippen LogP contribution in [0.5, 0.6) is 0 Å². The van der Waals surface area contributed by atoms with Gasteiger partial charge < -0.3 is 14.6 Å². The second-order valence-corrected chi connectivity index (χ2v) is 4.69. The molecule has 102 valence electrons. The summed E-state index contributed by atoms with van der Waals surface area (Å²) in [4.78, 5) is 14.0. The van der Waals surface area contributed by atoms with Crippen LogP contribution in [-0.4, -0.2) is 40.2 Å². The van der Waals surface area contributed by atoms with Crippen molar-refractivity contribution in [3.8, 4) is 0 Å². The lowest BCUT2D eigenvalue weighted by molar-refractivity contribution is 0.0711. The Hall–Kier alpha value is -1.00. The summed E-state index contributed by atoms with van der Waals surface area (Å²) < 4.78 is 1.88. The number of aliphatic hydroxyl groups excluding tert-OH is 1. The molecule has 5 heteroatoms. The minimum absolute atomic E-state index is 0.0199. The van der Waals surface area contributed by atoms with Gasteiger partial charge in [-0.25, -0.2) is 0 Å². The lowest BCUT2D eigenvalue weighted by Crippen LogP contribution is -2.35. The van der Waals surface area contributed by atoms with Crippen molar-refractivity contribution in [1.29, 1.82) is 0 Å². The van der Waals surface area contributed by atoms with Crippen molar-refractivity contribution in [3.63, 3.8) is 0 Å². The van der Waals surface area contributed by atoms with Crippen LogP contribution in [0.15, 0.2) is 12.3 Å². The Morgan fingerprint density at radius 2 is 2.11 bits per heavy atom. The molecule has 1 heterocycles. The first-order chi connectivity index (χ1) is 8.63. The highest BCUT2D eigenvalue weighted by Crippen LogP contribution is 2.16. The summed E-state index contributed by atoms with van der Waals surface area (Å²) in [7, 11) is 0. The third kappa shape index (κ3) is 3.75. The van der Waals surface area contributed by atoms with Crippen LogP contribution in [0.2, 0.25) is 5.02 Å². The SMILES string of the molecule is CCCN(CCO)C(=O)c1cc(Cl)cn1CCC. The molecule has 0 aromatic carbocycles. The van der Waals surface area contributed by atoms with Gasteiger partial charge >= 0.3 is 0 Å². The van der Waals surface area contributed by atoms with E-state index in [1.807, 2.05) is 11.5 Å². The Kier molecular flexibility index (Phi) is 6.22. The Morgan fingerprint density at radius 3 is 2.67 bits per heavy atom. The average Bonchev–Trinajstić information content (AvgIpc) is 2.70. The maximum Gasteiger partial charge on any atom is 0.270 e. The number of rotatable bonds is 7.